The minimum atomic E-state index is -1.02. The second-order valence-electron chi connectivity index (χ2n) is 5.69. The number of hydrogen-bond donors (Lipinski definition) is 1. The summed E-state index contributed by atoms with van der Waals surface area (Å²) >= 11 is 1.02. The van der Waals surface area contributed by atoms with Crippen molar-refractivity contribution in [3.05, 3.63) is 40.2 Å². The van der Waals surface area contributed by atoms with Gasteiger partial charge < -0.3 is 5.11 Å². The molecule has 106 valence electrons. The summed E-state index contributed by atoms with van der Waals surface area (Å²) in [6, 6.07) is 5.04. The highest BCUT2D eigenvalue weighted by Crippen LogP contribution is 2.35. The number of aryl methyl sites for hydroxylation is 1. The average Bonchev–Trinajstić information content (AvgIpc) is 2.77. The Bertz CT molecular complexity index is 671. The molecule has 0 saturated heterocycles. The summed E-state index contributed by atoms with van der Waals surface area (Å²) < 4.78 is 14.1. The Morgan fingerprint density at radius 1 is 1.35 bits per heavy atom. The van der Waals surface area contributed by atoms with Crippen LogP contribution in [-0.2, 0) is 5.41 Å². The standard InChI is InChI=1S/C15H16FNO2S/c1-8-6-5-7-9(10(8)16)13-17-12(15(2,3)4)11(20-13)14(18)19/h5-7H,1-4H3,(H,18,19). The molecule has 1 aromatic heterocycles. The van der Waals surface area contributed by atoms with Gasteiger partial charge in [0.15, 0.2) is 0 Å². The first-order chi connectivity index (χ1) is 9.21. The van der Waals surface area contributed by atoms with Gasteiger partial charge in [0.1, 0.15) is 15.7 Å². The lowest BCUT2D eigenvalue weighted by atomic mass is 9.91. The topological polar surface area (TPSA) is 50.2 Å². The molecule has 0 aliphatic carbocycles. The highest BCUT2D eigenvalue weighted by molar-refractivity contribution is 7.17. The maximum absolute atomic E-state index is 14.1. The fraction of sp³-hybridized carbons (Fsp3) is 0.333. The summed E-state index contributed by atoms with van der Waals surface area (Å²) in [4.78, 5) is 15.9. The van der Waals surface area contributed by atoms with Crippen LogP contribution < -0.4 is 0 Å². The number of aromatic carboxylic acids is 1. The van der Waals surface area contributed by atoms with Crippen LogP contribution in [0.4, 0.5) is 4.39 Å². The first-order valence-electron chi connectivity index (χ1n) is 6.22. The van der Waals surface area contributed by atoms with Crippen LogP contribution in [0.5, 0.6) is 0 Å². The van der Waals surface area contributed by atoms with Crippen LogP contribution in [0.15, 0.2) is 18.2 Å². The first kappa shape index (κ1) is 14.7. The molecular formula is C15H16FNO2S. The van der Waals surface area contributed by atoms with Crippen molar-refractivity contribution < 1.29 is 14.3 Å². The van der Waals surface area contributed by atoms with Gasteiger partial charge in [0.05, 0.1) is 5.69 Å². The predicted molar refractivity (Wildman–Crippen MR) is 77.9 cm³/mol. The summed E-state index contributed by atoms with van der Waals surface area (Å²) in [5.74, 6) is -1.37. The van der Waals surface area contributed by atoms with Gasteiger partial charge >= 0.3 is 5.97 Å². The second kappa shape index (κ2) is 4.98. The van der Waals surface area contributed by atoms with Gasteiger partial charge in [-0.2, -0.15) is 0 Å². The lowest BCUT2D eigenvalue weighted by molar-refractivity contribution is 0.0699. The average molecular weight is 293 g/mol. The van der Waals surface area contributed by atoms with Crippen molar-refractivity contribution in [3.8, 4) is 10.6 Å². The van der Waals surface area contributed by atoms with Gasteiger partial charge in [0, 0.05) is 11.0 Å². The lowest BCUT2D eigenvalue weighted by Crippen LogP contribution is -2.16. The van der Waals surface area contributed by atoms with Crippen molar-refractivity contribution >= 4 is 17.3 Å². The Balaban J connectivity index is 2.65. The van der Waals surface area contributed by atoms with Gasteiger partial charge in [-0.25, -0.2) is 14.2 Å². The summed E-state index contributed by atoms with van der Waals surface area (Å²) in [5.41, 5.74) is 0.966. The molecule has 0 saturated carbocycles. The molecule has 0 spiro atoms. The van der Waals surface area contributed by atoms with E-state index in [9.17, 15) is 14.3 Å². The van der Waals surface area contributed by atoms with Gasteiger partial charge in [-0.3, -0.25) is 0 Å². The Kier molecular flexibility index (Phi) is 3.65. The molecule has 0 aliphatic rings. The quantitative estimate of drug-likeness (QED) is 0.900. The molecule has 1 N–H and O–H groups in total. The highest BCUT2D eigenvalue weighted by atomic mass is 32.1. The summed E-state index contributed by atoms with van der Waals surface area (Å²) in [5, 5.41) is 9.70. The summed E-state index contributed by atoms with van der Waals surface area (Å²) in [7, 11) is 0. The lowest BCUT2D eigenvalue weighted by Gasteiger charge is -2.16. The molecule has 3 nitrogen and oxygen atoms in total. The van der Waals surface area contributed by atoms with Gasteiger partial charge in [-0.1, -0.05) is 32.9 Å². The zero-order chi connectivity index (χ0) is 15.1. The molecular weight excluding hydrogens is 277 g/mol. The molecule has 0 fully saturated rings. The fourth-order valence-corrected chi connectivity index (χ4v) is 3.03. The van der Waals surface area contributed by atoms with Crippen molar-refractivity contribution in [2.75, 3.05) is 0 Å². The largest absolute Gasteiger partial charge is 0.477 e. The molecule has 1 aromatic carbocycles. The number of carboxylic acid groups (broad SMARTS) is 1. The fourth-order valence-electron chi connectivity index (χ4n) is 1.90. The summed E-state index contributed by atoms with van der Waals surface area (Å²) in [6.07, 6.45) is 0. The molecule has 20 heavy (non-hydrogen) atoms. The van der Waals surface area contributed by atoms with Crippen molar-refractivity contribution in [2.24, 2.45) is 0 Å². The van der Waals surface area contributed by atoms with Gasteiger partial charge in [0.2, 0.25) is 0 Å². The van der Waals surface area contributed by atoms with Crippen LogP contribution in [0.1, 0.15) is 41.7 Å². The predicted octanol–water partition coefficient (Wildman–Crippen LogP) is 4.25. The van der Waals surface area contributed by atoms with Crippen molar-refractivity contribution in [1.82, 2.24) is 4.98 Å². The van der Waals surface area contributed by atoms with E-state index in [4.69, 9.17) is 0 Å². The number of aromatic nitrogens is 1. The van der Waals surface area contributed by atoms with E-state index in [0.717, 1.165) is 11.3 Å². The molecule has 2 aromatic rings. The Morgan fingerprint density at radius 3 is 2.50 bits per heavy atom. The number of carboxylic acids is 1. The third kappa shape index (κ3) is 2.58. The Morgan fingerprint density at radius 2 is 2.00 bits per heavy atom. The van der Waals surface area contributed by atoms with E-state index in [-0.39, 0.29) is 10.7 Å². The molecule has 0 aliphatic heterocycles. The van der Waals surface area contributed by atoms with Crippen LogP contribution in [0, 0.1) is 12.7 Å². The molecule has 0 radical (unpaired) electrons. The normalized spacial score (nSPS) is 11.7. The maximum Gasteiger partial charge on any atom is 0.347 e. The molecule has 0 atom stereocenters. The van der Waals surface area contributed by atoms with Gasteiger partial charge in [-0.15, -0.1) is 11.3 Å². The van der Waals surface area contributed by atoms with E-state index in [1.807, 2.05) is 20.8 Å². The molecule has 1 heterocycles. The number of benzene rings is 1. The van der Waals surface area contributed by atoms with E-state index < -0.39 is 11.4 Å². The van der Waals surface area contributed by atoms with Crippen LogP contribution in [0.25, 0.3) is 10.6 Å². The van der Waals surface area contributed by atoms with Crippen LogP contribution in [0.3, 0.4) is 0 Å². The van der Waals surface area contributed by atoms with Crippen LogP contribution in [0.2, 0.25) is 0 Å². The number of rotatable bonds is 2. The third-order valence-corrected chi connectivity index (χ3v) is 4.03. The Hall–Kier alpha value is -1.75. The third-order valence-electron chi connectivity index (χ3n) is 2.95. The molecule has 0 bridgehead atoms. The van der Waals surface area contributed by atoms with Gasteiger partial charge in [-0.05, 0) is 18.6 Å². The number of thiazole rings is 1. The van der Waals surface area contributed by atoms with Crippen molar-refractivity contribution in [3.63, 3.8) is 0 Å². The molecule has 0 unspecified atom stereocenters. The minimum Gasteiger partial charge on any atom is -0.477 e. The Labute approximate surface area is 121 Å². The zero-order valence-corrected chi connectivity index (χ0v) is 12.6. The van der Waals surface area contributed by atoms with E-state index in [1.165, 1.54) is 0 Å². The number of carbonyl (C=O) groups is 1. The van der Waals surface area contributed by atoms with E-state index in [1.54, 1.807) is 25.1 Å². The SMILES string of the molecule is Cc1cccc(-c2nc(C(C)(C)C)c(C(=O)O)s2)c1F. The highest BCUT2D eigenvalue weighted by Gasteiger charge is 2.28. The molecule has 5 heteroatoms. The monoisotopic (exact) mass is 293 g/mol. The number of nitrogens with zero attached hydrogens (tertiary/aromatic N) is 1. The molecule has 0 amide bonds. The second-order valence-corrected chi connectivity index (χ2v) is 6.69. The van der Waals surface area contributed by atoms with Crippen LogP contribution >= 0.6 is 11.3 Å². The summed E-state index contributed by atoms with van der Waals surface area (Å²) in [6.45, 7) is 7.36. The number of halogens is 1. The maximum atomic E-state index is 14.1. The van der Waals surface area contributed by atoms with E-state index in [0.29, 0.717) is 21.8 Å². The smallest absolute Gasteiger partial charge is 0.347 e. The first-order valence-corrected chi connectivity index (χ1v) is 7.03. The number of hydrogen-bond acceptors (Lipinski definition) is 3. The van der Waals surface area contributed by atoms with E-state index in [2.05, 4.69) is 4.98 Å². The molecule has 2 rings (SSSR count). The van der Waals surface area contributed by atoms with E-state index >= 15 is 0 Å². The van der Waals surface area contributed by atoms with Crippen molar-refractivity contribution in [2.45, 2.75) is 33.1 Å². The van der Waals surface area contributed by atoms with Gasteiger partial charge in [0.25, 0.3) is 0 Å². The van der Waals surface area contributed by atoms with Crippen LogP contribution in [-0.4, -0.2) is 16.1 Å². The minimum absolute atomic E-state index is 0.174. The zero-order valence-electron chi connectivity index (χ0n) is 11.8. The van der Waals surface area contributed by atoms with Crippen molar-refractivity contribution in [1.29, 1.82) is 0 Å².